The maximum atomic E-state index is 13.2. The first kappa shape index (κ1) is 16.2. The van der Waals surface area contributed by atoms with E-state index in [2.05, 4.69) is 4.99 Å². The molecule has 1 heterocycles. The molecule has 3 aromatic carbocycles. The number of hydrogen-bond donors (Lipinski definition) is 0. The first-order chi connectivity index (χ1) is 12.6. The quantitative estimate of drug-likeness (QED) is 0.508. The van der Waals surface area contributed by atoms with Crippen molar-refractivity contribution in [3.8, 4) is 0 Å². The number of para-hydroxylation sites is 1. The standard InChI is InChI=1S/C23H17NO2/c1-15-11-13-17(14-12-15)22(25)20-21(16-7-3-2-4-8-16)24-19-10-6-5-9-18(19)23(20)26/h2-14,20H,1H3. The fourth-order valence-corrected chi connectivity index (χ4v) is 3.22. The summed E-state index contributed by atoms with van der Waals surface area (Å²) >= 11 is 0. The van der Waals surface area contributed by atoms with Crippen LogP contribution >= 0.6 is 0 Å². The molecule has 0 aliphatic carbocycles. The number of carbonyl (C=O) groups excluding carboxylic acids is 2. The summed E-state index contributed by atoms with van der Waals surface area (Å²) < 4.78 is 0. The SMILES string of the molecule is Cc1ccc(C(=O)C2C(=O)c3ccccc3N=C2c2ccccc2)cc1. The number of aliphatic imine (C=N–C) groups is 1. The average molecular weight is 339 g/mol. The number of nitrogens with zero attached hydrogens (tertiary/aromatic N) is 1. The molecule has 1 aliphatic rings. The Labute approximate surface area is 152 Å². The van der Waals surface area contributed by atoms with E-state index in [1.54, 1.807) is 24.3 Å². The summed E-state index contributed by atoms with van der Waals surface area (Å²) in [6.07, 6.45) is 0. The average Bonchev–Trinajstić information content (AvgIpc) is 2.69. The Bertz CT molecular complexity index is 1020. The van der Waals surface area contributed by atoms with Gasteiger partial charge in [0.25, 0.3) is 0 Å². The van der Waals surface area contributed by atoms with E-state index >= 15 is 0 Å². The maximum Gasteiger partial charge on any atom is 0.181 e. The molecule has 0 saturated heterocycles. The molecule has 0 amide bonds. The van der Waals surface area contributed by atoms with Crippen LogP contribution in [0.3, 0.4) is 0 Å². The molecule has 1 atom stereocenters. The molecule has 26 heavy (non-hydrogen) atoms. The second-order valence-electron chi connectivity index (χ2n) is 6.41. The first-order valence-electron chi connectivity index (χ1n) is 8.53. The van der Waals surface area contributed by atoms with Gasteiger partial charge in [-0.25, -0.2) is 0 Å². The van der Waals surface area contributed by atoms with Crippen LogP contribution in [0.2, 0.25) is 0 Å². The van der Waals surface area contributed by atoms with Gasteiger partial charge < -0.3 is 0 Å². The Balaban J connectivity index is 1.87. The van der Waals surface area contributed by atoms with Crippen LogP contribution in [0.5, 0.6) is 0 Å². The molecule has 0 fully saturated rings. The van der Waals surface area contributed by atoms with Crippen molar-refractivity contribution >= 4 is 23.0 Å². The van der Waals surface area contributed by atoms with Gasteiger partial charge in [0.1, 0.15) is 5.92 Å². The summed E-state index contributed by atoms with van der Waals surface area (Å²) in [4.78, 5) is 31.1. The highest BCUT2D eigenvalue weighted by molar-refractivity contribution is 6.35. The zero-order valence-corrected chi connectivity index (χ0v) is 14.3. The number of aryl methyl sites for hydroxylation is 1. The minimum Gasteiger partial charge on any atom is -0.293 e. The van der Waals surface area contributed by atoms with E-state index in [0.717, 1.165) is 11.1 Å². The third-order valence-corrected chi connectivity index (χ3v) is 4.61. The van der Waals surface area contributed by atoms with Gasteiger partial charge in [-0.3, -0.25) is 14.6 Å². The third-order valence-electron chi connectivity index (χ3n) is 4.61. The van der Waals surface area contributed by atoms with E-state index in [0.29, 0.717) is 22.5 Å². The van der Waals surface area contributed by atoms with Gasteiger partial charge >= 0.3 is 0 Å². The minimum atomic E-state index is -0.921. The molecule has 3 heteroatoms. The molecular formula is C23H17NO2. The van der Waals surface area contributed by atoms with Crippen molar-refractivity contribution in [3.05, 3.63) is 101 Å². The molecule has 3 aromatic rings. The van der Waals surface area contributed by atoms with Crippen molar-refractivity contribution in [2.45, 2.75) is 6.92 Å². The zero-order chi connectivity index (χ0) is 18.1. The Hall–Kier alpha value is -3.33. The van der Waals surface area contributed by atoms with Crippen LogP contribution in [-0.2, 0) is 0 Å². The van der Waals surface area contributed by atoms with Crippen molar-refractivity contribution in [1.82, 2.24) is 0 Å². The van der Waals surface area contributed by atoms with Crippen molar-refractivity contribution < 1.29 is 9.59 Å². The van der Waals surface area contributed by atoms with Crippen LogP contribution < -0.4 is 0 Å². The predicted molar refractivity (Wildman–Crippen MR) is 102 cm³/mol. The van der Waals surface area contributed by atoms with E-state index in [9.17, 15) is 9.59 Å². The lowest BCUT2D eigenvalue weighted by Crippen LogP contribution is -2.35. The monoisotopic (exact) mass is 339 g/mol. The second kappa shape index (κ2) is 6.52. The smallest absolute Gasteiger partial charge is 0.181 e. The van der Waals surface area contributed by atoms with Crippen LogP contribution in [0.1, 0.15) is 31.8 Å². The summed E-state index contributed by atoms with van der Waals surface area (Å²) in [7, 11) is 0. The highest BCUT2D eigenvalue weighted by Gasteiger charge is 2.37. The van der Waals surface area contributed by atoms with E-state index in [4.69, 9.17) is 0 Å². The molecule has 0 radical (unpaired) electrons. The number of hydrogen-bond acceptors (Lipinski definition) is 3. The molecule has 126 valence electrons. The Morgan fingerprint density at radius 2 is 1.50 bits per heavy atom. The highest BCUT2D eigenvalue weighted by Crippen LogP contribution is 2.32. The van der Waals surface area contributed by atoms with Crippen molar-refractivity contribution in [2.24, 2.45) is 10.9 Å². The maximum absolute atomic E-state index is 13.2. The van der Waals surface area contributed by atoms with Crippen LogP contribution in [0.15, 0.2) is 83.9 Å². The zero-order valence-electron chi connectivity index (χ0n) is 14.3. The Morgan fingerprint density at radius 1 is 0.846 bits per heavy atom. The van der Waals surface area contributed by atoms with Gasteiger partial charge in [0.2, 0.25) is 0 Å². The van der Waals surface area contributed by atoms with Gasteiger partial charge in [0, 0.05) is 11.1 Å². The first-order valence-corrected chi connectivity index (χ1v) is 8.53. The number of benzene rings is 3. The normalized spacial score (nSPS) is 16.0. The van der Waals surface area contributed by atoms with E-state index in [-0.39, 0.29) is 11.6 Å². The summed E-state index contributed by atoms with van der Waals surface area (Å²) in [6.45, 7) is 1.97. The van der Waals surface area contributed by atoms with E-state index < -0.39 is 5.92 Å². The molecule has 1 aliphatic heterocycles. The van der Waals surface area contributed by atoms with Crippen molar-refractivity contribution in [1.29, 1.82) is 0 Å². The number of rotatable bonds is 3. The molecule has 1 unspecified atom stereocenters. The number of Topliss-reactive ketones (excluding diaryl/α,β-unsaturated/α-hetero) is 2. The van der Waals surface area contributed by atoms with Crippen LogP contribution in [0, 0.1) is 12.8 Å². The van der Waals surface area contributed by atoms with Gasteiger partial charge in [-0.05, 0) is 24.6 Å². The molecular weight excluding hydrogens is 322 g/mol. The summed E-state index contributed by atoms with van der Waals surface area (Å²) in [5.74, 6) is -1.33. The van der Waals surface area contributed by atoms with Crippen LogP contribution in [-0.4, -0.2) is 17.3 Å². The lowest BCUT2D eigenvalue weighted by molar-refractivity contribution is 0.0852. The lowest BCUT2D eigenvalue weighted by Gasteiger charge is -2.23. The predicted octanol–water partition coefficient (Wildman–Crippen LogP) is 4.81. The minimum absolute atomic E-state index is 0.194. The fraction of sp³-hybridized carbons (Fsp3) is 0.0870. The van der Waals surface area contributed by atoms with Gasteiger partial charge in [0.05, 0.1) is 11.4 Å². The Kier molecular flexibility index (Phi) is 4.05. The number of ketones is 2. The van der Waals surface area contributed by atoms with Gasteiger partial charge in [-0.2, -0.15) is 0 Å². The highest BCUT2D eigenvalue weighted by atomic mass is 16.2. The molecule has 4 rings (SSSR count). The third kappa shape index (κ3) is 2.78. The van der Waals surface area contributed by atoms with Gasteiger partial charge in [0.15, 0.2) is 11.6 Å². The topological polar surface area (TPSA) is 46.5 Å². The largest absolute Gasteiger partial charge is 0.293 e. The number of fused-ring (bicyclic) bond motifs is 1. The van der Waals surface area contributed by atoms with Crippen molar-refractivity contribution in [2.75, 3.05) is 0 Å². The van der Waals surface area contributed by atoms with E-state index in [1.807, 2.05) is 61.5 Å². The van der Waals surface area contributed by atoms with Crippen LogP contribution in [0.4, 0.5) is 5.69 Å². The lowest BCUT2D eigenvalue weighted by atomic mass is 9.81. The summed E-state index contributed by atoms with van der Waals surface area (Å²) in [5.41, 5.74) is 4.01. The molecule has 0 bridgehead atoms. The molecule has 3 nitrogen and oxygen atoms in total. The molecule has 0 saturated carbocycles. The van der Waals surface area contributed by atoms with Gasteiger partial charge in [-0.1, -0.05) is 72.3 Å². The summed E-state index contributed by atoms with van der Waals surface area (Å²) in [5, 5.41) is 0. The Morgan fingerprint density at radius 3 is 2.23 bits per heavy atom. The van der Waals surface area contributed by atoms with E-state index in [1.165, 1.54) is 0 Å². The summed E-state index contributed by atoms with van der Waals surface area (Å²) in [6, 6.07) is 23.9. The number of carbonyl (C=O) groups is 2. The molecule has 0 N–H and O–H groups in total. The fourth-order valence-electron chi connectivity index (χ4n) is 3.22. The van der Waals surface area contributed by atoms with Gasteiger partial charge in [-0.15, -0.1) is 0 Å². The van der Waals surface area contributed by atoms with Crippen molar-refractivity contribution in [3.63, 3.8) is 0 Å². The molecule has 0 aromatic heterocycles. The second-order valence-corrected chi connectivity index (χ2v) is 6.41. The van der Waals surface area contributed by atoms with Crippen LogP contribution in [0.25, 0.3) is 0 Å². The molecule has 0 spiro atoms.